The Kier molecular flexibility index (Phi) is 8.29. The molecule has 1 heterocycles. The van der Waals surface area contributed by atoms with Gasteiger partial charge >= 0.3 is 0 Å². The zero-order valence-electron chi connectivity index (χ0n) is 36.2. The van der Waals surface area contributed by atoms with E-state index in [0.717, 1.165) is 33.6 Å². The molecule has 0 saturated carbocycles. The van der Waals surface area contributed by atoms with Gasteiger partial charge in [-0.3, -0.25) is 0 Å². The third-order valence-electron chi connectivity index (χ3n) is 14.1. The summed E-state index contributed by atoms with van der Waals surface area (Å²) < 4.78 is 6.41. The van der Waals surface area contributed by atoms with Crippen molar-refractivity contribution in [3.63, 3.8) is 0 Å². The van der Waals surface area contributed by atoms with Gasteiger partial charge in [0.05, 0.1) is 5.69 Å². The lowest BCUT2D eigenvalue weighted by molar-refractivity contribution is 0.660. The third-order valence-corrected chi connectivity index (χ3v) is 14.1. The van der Waals surface area contributed by atoms with Gasteiger partial charge in [-0.05, 0) is 132 Å². The normalized spacial score (nSPS) is 12.9. The van der Waals surface area contributed by atoms with Crippen LogP contribution in [-0.4, -0.2) is 0 Å². The highest BCUT2D eigenvalue weighted by Gasteiger charge is 2.36. The number of rotatable bonds is 6. The molecule has 11 aromatic carbocycles. The molecule has 2 heteroatoms. The highest BCUT2D eigenvalue weighted by molar-refractivity contribution is 6.34. The fourth-order valence-electron chi connectivity index (χ4n) is 10.9. The van der Waals surface area contributed by atoms with Crippen LogP contribution in [0.1, 0.15) is 25.0 Å². The zero-order valence-corrected chi connectivity index (χ0v) is 36.2. The molecule has 1 aromatic heterocycles. The molecule has 0 N–H and O–H groups in total. The predicted octanol–water partition coefficient (Wildman–Crippen LogP) is 17.8. The van der Waals surface area contributed by atoms with Crippen molar-refractivity contribution in [2.45, 2.75) is 19.3 Å². The number of anilines is 3. The molecule has 0 fully saturated rings. The van der Waals surface area contributed by atoms with Crippen LogP contribution in [0.15, 0.2) is 229 Å². The highest BCUT2D eigenvalue weighted by Crippen LogP contribution is 2.52. The van der Waals surface area contributed by atoms with Gasteiger partial charge in [-0.1, -0.05) is 184 Å². The van der Waals surface area contributed by atoms with Crippen LogP contribution in [0, 0.1) is 0 Å². The average Bonchev–Trinajstić information content (AvgIpc) is 3.86. The minimum Gasteiger partial charge on any atom is -0.456 e. The molecule has 13 rings (SSSR count). The SMILES string of the molecule is CC1(C)c2ccccc2-c2ccc(N(c3ccc(-c4ccc5c6ccccc6c6c(ccc7oc8ccccc8c76)c5c4)cc3)c3ccccc3-c3ccc(-c4ccccc4)cc3)cc21. The van der Waals surface area contributed by atoms with Gasteiger partial charge in [0.15, 0.2) is 0 Å². The lowest BCUT2D eigenvalue weighted by Gasteiger charge is -2.30. The Labute approximate surface area is 378 Å². The second-order valence-corrected chi connectivity index (χ2v) is 18.0. The van der Waals surface area contributed by atoms with Crippen molar-refractivity contribution in [1.29, 1.82) is 0 Å². The summed E-state index contributed by atoms with van der Waals surface area (Å²) >= 11 is 0. The quantitative estimate of drug-likeness (QED) is 0.155. The maximum absolute atomic E-state index is 6.41. The molecule has 1 aliphatic carbocycles. The molecule has 2 nitrogen and oxygen atoms in total. The summed E-state index contributed by atoms with van der Waals surface area (Å²) in [6.45, 7) is 4.72. The molecule has 1 aliphatic rings. The fourth-order valence-corrected chi connectivity index (χ4v) is 10.9. The summed E-state index contributed by atoms with van der Waals surface area (Å²) in [6.07, 6.45) is 0. The number of hydrogen-bond donors (Lipinski definition) is 0. The summed E-state index contributed by atoms with van der Waals surface area (Å²) in [5.41, 5.74) is 17.5. The molecule has 0 aliphatic heterocycles. The van der Waals surface area contributed by atoms with E-state index in [1.807, 2.05) is 6.07 Å². The molecular formula is C63H43NO. The van der Waals surface area contributed by atoms with Crippen LogP contribution >= 0.6 is 0 Å². The van der Waals surface area contributed by atoms with E-state index in [4.69, 9.17) is 4.42 Å². The summed E-state index contributed by atoms with van der Waals surface area (Å²) in [5.74, 6) is 0. The standard InChI is InChI=1S/C63H43NO/c1-63(2)56-21-11-8-18-50(56)51-35-33-46(39-57(51)63)64(58-22-12-9-16-47(58)43-26-24-41(25-27-43)40-14-4-3-5-15-40)45-31-28-42(29-32-45)44-30-34-49-48-17-6-7-19-52(48)61-53(55(49)38-44)36-37-60-62(61)54-20-10-13-23-59(54)65-60/h3-39H,1-2H3. The topological polar surface area (TPSA) is 16.4 Å². The maximum Gasteiger partial charge on any atom is 0.136 e. The summed E-state index contributed by atoms with van der Waals surface area (Å²) in [4.78, 5) is 2.45. The average molecular weight is 830 g/mol. The van der Waals surface area contributed by atoms with Gasteiger partial charge in [0.25, 0.3) is 0 Å². The molecule has 0 unspecified atom stereocenters. The summed E-state index contributed by atoms with van der Waals surface area (Å²) in [7, 11) is 0. The van der Waals surface area contributed by atoms with Gasteiger partial charge in [0.2, 0.25) is 0 Å². The first-order chi connectivity index (χ1) is 32.0. The van der Waals surface area contributed by atoms with Crippen molar-refractivity contribution >= 4 is 71.3 Å². The van der Waals surface area contributed by atoms with E-state index in [1.54, 1.807) is 0 Å². The van der Waals surface area contributed by atoms with E-state index in [9.17, 15) is 0 Å². The van der Waals surface area contributed by atoms with Gasteiger partial charge in [-0.2, -0.15) is 0 Å². The highest BCUT2D eigenvalue weighted by atomic mass is 16.3. The first-order valence-corrected chi connectivity index (χ1v) is 22.6. The molecule has 65 heavy (non-hydrogen) atoms. The van der Waals surface area contributed by atoms with Gasteiger partial charge in [0.1, 0.15) is 11.2 Å². The summed E-state index contributed by atoms with van der Waals surface area (Å²) in [6, 6.07) is 82.2. The van der Waals surface area contributed by atoms with Crippen molar-refractivity contribution < 1.29 is 4.42 Å². The molecule has 306 valence electrons. The number of furan rings is 1. The number of fused-ring (bicyclic) bond motifs is 13. The van der Waals surface area contributed by atoms with Crippen LogP contribution in [-0.2, 0) is 5.41 Å². The van der Waals surface area contributed by atoms with Gasteiger partial charge in [0, 0.05) is 38.5 Å². The first-order valence-electron chi connectivity index (χ1n) is 22.6. The van der Waals surface area contributed by atoms with E-state index < -0.39 is 0 Å². The van der Waals surface area contributed by atoms with Gasteiger partial charge in [-0.15, -0.1) is 0 Å². The molecular weight excluding hydrogens is 787 g/mol. The minimum atomic E-state index is -0.133. The molecule has 0 amide bonds. The number of hydrogen-bond acceptors (Lipinski definition) is 2. The van der Waals surface area contributed by atoms with Gasteiger partial charge in [-0.25, -0.2) is 0 Å². The van der Waals surface area contributed by atoms with Crippen LogP contribution in [0.25, 0.3) is 98.8 Å². The Bertz CT molecular complexity index is 3840. The van der Waals surface area contributed by atoms with Crippen LogP contribution in [0.2, 0.25) is 0 Å². The maximum atomic E-state index is 6.41. The van der Waals surface area contributed by atoms with E-state index in [2.05, 4.69) is 237 Å². The summed E-state index contributed by atoms with van der Waals surface area (Å²) in [5, 5.41) is 9.79. The number of para-hydroxylation sites is 2. The van der Waals surface area contributed by atoms with E-state index >= 15 is 0 Å². The lowest BCUT2D eigenvalue weighted by Crippen LogP contribution is -2.16. The molecule has 0 bridgehead atoms. The Balaban J connectivity index is 0.961. The zero-order chi connectivity index (χ0) is 43.2. The second kappa shape index (κ2) is 14.4. The van der Waals surface area contributed by atoms with Crippen LogP contribution in [0.3, 0.4) is 0 Å². The smallest absolute Gasteiger partial charge is 0.136 e. The Morgan fingerprint density at radius 1 is 0.323 bits per heavy atom. The van der Waals surface area contributed by atoms with E-state index in [-0.39, 0.29) is 5.41 Å². The van der Waals surface area contributed by atoms with Gasteiger partial charge < -0.3 is 9.32 Å². The van der Waals surface area contributed by atoms with E-state index in [0.29, 0.717) is 0 Å². The second-order valence-electron chi connectivity index (χ2n) is 18.0. The van der Waals surface area contributed by atoms with Crippen molar-refractivity contribution in [1.82, 2.24) is 0 Å². The predicted molar refractivity (Wildman–Crippen MR) is 275 cm³/mol. The Hall–Kier alpha value is -8.20. The van der Waals surface area contributed by atoms with Crippen LogP contribution in [0.4, 0.5) is 17.1 Å². The fraction of sp³-hybridized carbons (Fsp3) is 0.0476. The lowest BCUT2D eigenvalue weighted by atomic mass is 9.82. The number of nitrogens with zero attached hydrogens (tertiary/aromatic N) is 1. The Morgan fingerprint density at radius 2 is 0.877 bits per heavy atom. The molecule has 0 saturated heterocycles. The molecule has 0 radical (unpaired) electrons. The monoisotopic (exact) mass is 829 g/mol. The third kappa shape index (κ3) is 5.81. The van der Waals surface area contributed by atoms with E-state index in [1.165, 1.54) is 93.3 Å². The van der Waals surface area contributed by atoms with Crippen molar-refractivity contribution in [2.75, 3.05) is 4.90 Å². The largest absolute Gasteiger partial charge is 0.456 e. The Morgan fingerprint density at radius 3 is 1.71 bits per heavy atom. The van der Waals surface area contributed by atoms with Crippen molar-refractivity contribution in [3.05, 3.63) is 236 Å². The van der Waals surface area contributed by atoms with Crippen molar-refractivity contribution in [3.8, 4) is 44.5 Å². The molecule has 12 aromatic rings. The minimum absolute atomic E-state index is 0.133. The first kappa shape index (κ1) is 37.4. The molecule has 0 spiro atoms. The van der Waals surface area contributed by atoms with Crippen molar-refractivity contribution in [2.24, 2.45) is 0 Å². The molecule has 0 atom stereocenters. The van der Waals surface area contributed by atoms with Crippen LogP contribution < -0.4 is 4.90 Å². The number of benzene rings is 11. The van der Waals surface area contributed by atoms with Crippen LogP contribution in [0.5, 0.6) is 0 Å².